The van der Waals surface area contributed by atoms with E-state index in [1.54, 1.807) is 0 Å². The van der Waals surface area contributed by atoms with E-state index in [4.69, 9.17) is 20.1 Å². The van der Waals surface area contributed by atoms with Crippen molar-refractivity contribution in [2.24, 2.45) is 0 Å². The Hall–Kier alpha value is -1.36. The molecule has 0 amide bonds. The number of aliphatic hydroxyl groups excluding tert-OH is 1. The summed E-state index contributed by atoms with van der Waals surface area (Å²) in [5, 5.41) is 23.9. The molecule has 0 aromatic rings. The number of carbonyl (C=O) groups is 2. The Morgan fingerprint density at radius 3 is 1.85 bits per heavy atom. The molecular weight excluding hydrogens is 176 g/mol. The largest absolute Gasteiger partial charge is 0.481 e. The van der Waals surface area contributed by atoms with Gasteiger partial charge < -0.3 is 15.3 Å². The van der Waals surface area contributed by atoms with Crippen LogP contribution in [-0.4, -0.2) is 33.9 Å². The van der Waals surface area contributed by atoms with Crippen molar-refractivity contribution in [2.75, 3.05) is 6.61 Å². The molecule has 76 valence electrons. The molecule has 0 saturated heterocycles. The highest BCUT2D eigenvalue weighted by Gasteiger charge is 1.96. The molecule has 3 N–H and O–H groups in total. The van der Waals surface area contributed by atoms with Crippen LogP contribution in [-0.2, 0) is 9.59 Å². The lowest BCUT2D eigenvalue weighted by molar-refractivity contribution is -0.134. The molecule has 0 unspecified atom stereocenters. The Balaban J connectivity index is 0. The highest BCUT2D eigenvalue weighted by Crippen LogP contribution is 1.93. The summed E-state index contributed by atoms with van der Waals surface area (Å²) in [7, 11) is 0. The second-order valence-electron chi connectivity index (χ2n) is 2.22. The number of hydrogen-bond donors (Lipinski definition) is 3. The summed E-state index contributed by atoms with van der Waals surface area (Å²) in [6.45, 7) is 2.59. The molecule has 0 aliphatic rings. The molecule has 0 aromatic heterocycles. The molecule has 13 heavy (non-hydrogen) atoms. The minimum absolute atomic E-state index is 0.00458. The molecule has 0 heterocycles. The van der Waals surface area contributed by atoms with Gasteiger partial charge >= 0.3 is 5.97 Å². The summed E-state index contributed by atoms with van der Waals surface area (Å²) in [6.07, 6.45) is 1.90. The lowest BCUT2D eigenvalue weighted by atomic mass is 10.2. The van der Waals surface area contributed by atoms with Gasteiger partial charge in [-0.15, -0.1) is 0 Å². The van der Waals surface area contributed by atoms with Gasteiger partial charge in [0.1, 0.15) is 0 Å². The first-order valence-corrected chi connectivity index (χ1v) is 3.62. The zero-order chi connectivity index (χ0) is 10.9. The number of carboxylic acids is 2. The van der Waals surface area contributed by atoms with Crippen molar-refractivity contribution >= 4 is 11.9 Å². The molecule has 0 aliphatic carbocycles. The van der Waals surface area contributed by atoms with Crippen LogP contribution in [0.1, 0.15) is 20.3 Å². The summed E-state index contributed by atoms with van der Waals surface area (Å²) >= 11 is 0. The van der Waals surface area contributed by atoms with E-state index in [-0.39, 0.29) is 12.2 Å². The Morgan fingerprint density at radius 1 is 1.23 bits per heavy atom. The van der Waals surface area contributed by atoms with Crippen LogP contribution < -0.4 is 0 Å². The molecule has 0 spiro atoms. The fourth-order valence-electron chi connectivity index (χ4n) is 0.368. The van der Waals surface area contributed by atoms with Gasteiger partial charge in [0.25, 0.3) is 5.97 Å². The van der Waals surface area contributed by atoms with E-state index in [9.17, 15) is 4.79 Å². The van der Waals surface area contributed by atoms with Crippen molar-refractivity contribution in [3.05, 3.63) is 11.6 Å². The molecule has 0 radical (unpaired) electrons. The third-order valence-corrected chi connectivity index (χ3v) is 0.917. The molecule has 0 fully saturated rings. The van der Waals surface area contributed by atoms with Gasteiger partial charge in [-0.2, -0.15) is 0 Å². The number of hydrogen-bond acceptors (Lipinski definition) is 3. The molecule has 0 aliphatic heterocycles. The molecule has 5 heteroatoms. The Morgan fingerprint density at radius 2 is 1.62 bits per heavy atom. The summed E-state index contributed by atoms with van der Waals surface area (Å²) in [5.74, 6) is -1.76. The van der Waals surface area contributed by atoms with Crippen molar-refractivity contribution in [1.29, 1.82) is 0 Å². The van der Waals surface area contributed by atoms with Crippen LogP contribution in [0.5, 0.6) is 0 Å². The van der Waals surface area contributed by atoms with E-state index >= 15 is 0 Å². The van der Waals surface area contributed by atoms with Crippen LogP contribution in [0.2, 0.25) is 0 Å². The predicted octanol–water partition coefficient (Wildman–Crippen LogP) is 0.491. The van der Waals surface area contributed by atoms with E-state index in [2.05, 4.69) is 0 Å². The molecule has 0 aromatic carbocycles. The van der Waals surface area contributed by atoms with Crippen molar-refractivity contribution in [3.8, 4) is 0 Å². The quantitative estimate of drug-likeness (QED) is 0.563. The standard InChI is InChI=1S/C6H10O3.C2H4O2/c1-5(6(8)9)3-2-4-7;1-2(3)4/h3,7H,2,4H2,1H3,(H,8,9);1H3,(H,3,4). The molecule has 0 rings (SSSR count). The van der Waals surface area contributed by atoms with Crippen molar-refractivity contribution < 1.29 is 24.9 Å². The summed E-state index contributed by atoms with van der Waals surface area (Å²) < 4.78 is 0. The minimum Gasteiger partial charge on any atom is -0.481 e. The fourth-order valence-corrected chi connectivity index (χ4v) is 0.368. The first kappa shape index (κ1) is 14.2. The first-order chi connectivity index (χ1) is 5.91. The van der Waals surface area contributed by atoms with Gasteiger partial charge in [-0.25, -0.2) is 4.79 Å². The zero-order valence-electron chi connectivity index (χ0n) is 7.65. The Labute approximate surface area is 76.3 Å². The van der Waals surface area contributed by atoms with Crippen molar-refractivity contribution in [1.82, 2.24) is 0 Å². The Bertz CT molecular complexity index is 191. The number of rotatable bonds is 3. The van der Waals surface area contributed by atoms with Crippen LogP contribution in [0.25, 0.3) is 0 Å². The molecule has 5 nitrogen and oxygen atoms in total. The van der Waals surface area contributed by atoms with Gasteiger partial charge in [-0.05, 0) is 13.3 Å². The van der Waals surface area contributed by atoms with Gasteiger partial charge in [0.2, 0.25) is 0 Å². The van der Waals surface area contributed by atoms with Crippen LogP contribution in [0, 0.1) is 0 Å². The second kappa shape index (κ2) is 8.73. The highest BCUT2D eigenvalue weighted by molar-refractivity contribution is 5.85. The monoisotopic (exact) mass is 190 g/mol. The summed E-state index contributed by atoms with van der Waals surface area (Å²) in [6, 6.07) is 0. The normalized spacial score (nSPS) is 9.92. The van der Waals surface area contributed by atoms with Gasteiger partial charge in [-0.1, -0.05) is 6.08 Å². The highest BCUT2D eigenvalue weighted by atomic mass is 16.4. The molecule has 0 atom stereocenters. The summed E-state index contributed by atoms with van der Waals surface area (Å²) in [4.78, 5) is 19.1. The lowest BCUT2D eigenvalue weighted by Crippen LogP contribution is -1.95. The second-order valence-corrected chi connectivity index (χ2v) is 2.22. The van der Waals surface area contributed by atoms with E-state index in [1.807, 2.05) is 0 Å². The van der Waals surface area contributed by atoms with Gasteiger partial charge in [0, 0.05) is 19.1 Å². The molecule has 0 bridgehead atoms. The average Bonchev–Trinajstić information content (AvgIpc) is 1.98. The zero-order valence-corrected chi connectivity index (χ0v) is 7.65. The molecule has 0 saturated carbocycles. The van der Waals surface area contributed by atoms with Crippen LogP contribution in [0.3, 0.4) is 0 Å². The third kappa shape index (κ3) is 18.0. The van der Waals surface area contributed by atoms with Gasteiger partial charge in [0.15, 0.2) is 0 Å². The number of carboxylic acid groups (broad SMARTS) is 2. The van der Waals surface area contributed by atoms with Crippen LogP contribution >= 0.6 is 0 Å². The van der Waals surface area contributed by atoms with E-state index in [0.717, 1.165) is 6.92 Å². The maximum atomic E-state index is 10.1. The number of aliphatic hydroxyl groups is 1. The summed E-state index contributed by atoms with van der Waals surface area (Å²) in [5.41, 5.74) is 0.282. The maximum absolute atomic E-state index is 10.1. The smallest absolute Gasteiger partial charge is 0.330 e. The first-order valence-electron chi connectivity index (χ1n) is 3.62. The topological polar surface area (TPSA) is 94.8 Å². The lowest BCUT2D eigenvalue weighted by Gasteiger charge is -1.89. The van der Waals surface area contributed by atoms with E-state index in [0.29, 0.717) is 6.42 Å². The van der Waals surface area contributed by atoms with Gasteiger partial charge in [0.05, 0.1) is 0 Å². The van der Waals surface area contributed by atoms with Crippen LogP contribution in [0.4, 0.5) is 0 Å². The number of aliphatic carboxylic acids is 2. The minimum atomic E-state index is -0.927. The predicted molar refractivity (Wildman–Crippen MR) is 46.4 cm³/mol. The third-order valence-electron chi connectivity index (χ3n) is 0.917. The van der Waals surface area contributed by atoms with Crippen LogP contribution in [0.15, 0.2) is 11.6 Å². The van der Waals surface area contributed by atoms with Gasteiger partial charge in [-0.3, -0.25) is 4.79 Å². The van der Waals surface area contributed by atoms with E-state index < -0.39 is 11.9 Å². The van der Waals surface area contributed by atoms with Crippen molar-refractivity contribution in [2.45, 2.75) is 20.3 Å². The van der Waals surface area contributed by atoms with Crippen molar-refractivity contribution in [3.63, 3.8) is 0 Å². The molecular formula is C8H14O5. The SMILES string of the molecule is CC(=CCCO)C(=O)O.CC(=O)O. The van der Waals surface area contributed by atoms with E-state index in [1.165, 1.54) is 13.0 Å². The fraction of sp³-hybridized carbons (Fsp3) is 0.500. The average molecular weight is 190 g/mol. The maximum Gasteiger partial charge on any atom is 0.330 e. The Kier molecular flexibility index (Phi) is 9.53.